The average molecular weight is 725 g/mol. The molecule has 270 valence electrons. The molecular formula is C36H39F3N6O5S. The van der Waals surface area contributed by atoms with Gasteiger partial charge >= 0.3 is 6.18 Å². The fourth-order valence-corrected chi connectivity index (χ4v) is 7.90. The molecule has 51 heavy (non-hydrogen) atoms. The van der Waals surface area contributed by atoms with E-state index in [9.17, 15) is 26.4 Å². The molecule has 0 atom stereocenters. The molecule has 2 aliphatic heterocycles. The minimum Gasteiger partial charge on any atom is -0.476 e. The van der Waals surface area contributed by atoms with Gasteiger partial charge in [-0.05, 0) is 88.0 Å². The van der Waals surface area contributed by atoms with E-state index in [0.29, 0.717) is 6.61 Å². The number of aryl methyl sites for hydroxylation is 1. The molecule has 1 aromatic carbocycles. The first-order valence-corrected chi connectivity index (χ1v) is 18.4. The van der Waals surface area contributed by atoms with Crippen LogP contribution in [0.4, 0.5) is 24.5 Å². The Morgan fingerprint density at radius 2 is 1.71 bits per heavy atom. The highest BCUT2D eigenvalue weighted by molar-refractivity contribution is 7.92. The second-order valence-electron chi connectivity index (χ2n) is 13.1. The lowest BCUT2D eigenvalue weighted by molar-refractivity contribution is -0.156. The second kappa shape index (κ2) is 14.5. The predicted molar refractivity (Wildman–Crippen MR) is 186 cm³/mol. The lowest BCUT2D eigenvalue weighted by Crippen LogP contribution is -2.43. The maximum atomic E-state index is 13.4. The van der Waals surface area contributed by atoms with Gasteiger partial charge in [-0.1, -0.05) is 18.9 Å². The zero-order valence-corrected chi connectivity index (χ0v) is 29.2. The van der Waals surface area contributed by atoms with E-state index in [2.05, 4.69) is 24.6 Å². The zero-order valence-electron chi connectivity index (χ0n) is 28.4. The molecule has 1 spiro atoms. The van der Waals surface area contributed by atoms with E-state index < -0.39 is 27.9 Å². The summed E-state index contributed by atoms with van der Waals surface area (Å²) in [6, 6.07) is 10.9. The summed E-state index contributed by atoms with van der Waals surface area (Å²) in [5.74, 6) is 0.360. The number of piperidine rings is 1. The van der Waals surface area contributed by atoms with Gasteiger partial charge in [-0.15, -0.1) is 0 Å². The quantitative estimate of drug-likeness (QED) is 0.158. The van der Waals surface area contributed by atoms with Crippen LogP contribution in [0.2, 0.25) is 0 Å². The van der Waals surface area contributed by atoms with Crippen LogP contribution in [0.15, 0.2) is 59.9 Å². The molecule has 3 aliphatic rings. The van der Waals surface area contributed by atoms with E-state index >= 15 is 0 Å². The van der Waals surface area contributed by atoms with E-state index in [1.54, 1.807) is 29.4 Å². The lowest BCUT2D eigenvalue weighted by Gasteiger charge is -2.37. The maximum absolute atomic E-state index is 13.4. The summed E-state index contributed by atoms with van der Waals surface area (Å²) in [4.78, 5) is 39.7. The molecule has 0 bridgehead atoms. The number of sulfonamides is 1. The van der Waals surface area contributed by atoms with Crippen molar-refractivity contribution in [3.8, 4) is 17.0 Å². The fourth-order valence-electron chi connectivity index (χ4n) is 6.91. The number of benzene rings is 1. The molecule has 2 fully saturated rings. The number of carbonyl (C=O) groups is 2. The largest absolute Gasteiger partial charge is 0.476 e. The lowest BCUT2D eigenvalue weighted by atomic mass is 9.64. The fraction of sp³-hybridized carbons (Fsp3) is 0.417. The second-order valence-corrected chi connectivity index (χ2v) is 14.8. The first-order chi connectivity index (χ1) is 24.3. The predicted octanol–water partition coefficient (Wildman–Crippen LogP) is 6.20. The average Bonchev–Trinajstić information content (AvgIpc) is 3.34. The Labute approximate surface area is 294 Å². The minimum atomic E-state index is -4.64. The van der Waals surface area contributed by atoms with Crippen LogP contribution in [-0.4, -0.2) is 79.9 Å². The normalized spacial score (nSPS) is 17.0. The van der Waals surface area contributed by atoms with Gasteiger partial charge in [0.05, 0.1) is 29.4 Å². The number of anilines is 2. The van der Waals surface area contributed by atoms with Crippen LogP contribution >= 0.6 is 0 Å². The number of pyridine rings is 3. The molecule has 1 saturated carbocycles. The van der Waals surface area contributed by atoms with Crippen LogP contribution in [0.25, 0.3) is 22.0 Å². The van der Waals surface area contributed by atoms with Gasteiger partial charge in [-0.2, -0.15) is 13.2 Å². The van der Waals surface area contributed by atoms with E-state index in [4.69, 9.17) is 9.53 Å². The summed E-state index contributed by atoms with van der Waals surface area (Å²) in [5.41, 5.74) is 4.78. The first-order valence-electron chi connectivity index (χ1n) is 16.9. The van der Waals surface area contributed by atoms with Gasteiger partial charge in [-0.3, -0.25) is 24.3 Å². The highest BCUT2D eigenvalue weighted by atomic mass is 32.2. The third-order valence-corrected chi connectivity index (χ3v) is 11.0. The Balaban J connectivity index is 0.000000689. The Bertz CT molecular complexity index is 2030. The molecular weight excluding hydrogens is 685 g/mol. The van der Waals surface area contributed by atoms with Gasteiger partial charge in [0, 0.05) is 48.2 Å². The number of aldehydes is 1. The number of likely N-dealkylation sites (N-methyl/N-ethyl adjacent to an activating group) is 1. The number of halogens is 3. The van der Waals surface area contributed by atoms with Crippen molar-refractivity contribution < 1.29 is 35.9 Å². The molecule has 1 aliphatic carbocycles. The zero-order chi connectivity index (χ0) is 36.4. The standard InChI is InChI=1S/C34H38N6O4S.C2HF3O/c1-23-8-10-26(21-35-23)45(42,43)38-29-19-25(20-37-32(29)44-17-7-16-40-14-4-3-5-15-40)24-9-11-28-27(18-24)31-30(22-36-28)39(2)33(41)34(31)12-6-13-34;3-2(4,5)1-6/h8-11,18-22,38H,3-7,12-17H2,1-2H3;1H. The summed E-state index contributed by atoms with van der Waals surface area (Å²) in [5, 5.41) is 0.938. The van der Waals surface area contributed by atoms with Crippen molar-refractivity contribution in [1.29, 1.82) is 0 Å². The smallest absolute Gasteiger partial charge is 0.446 e. The minimum absolute atomic E-state index is 0.0569. The monoisotopic (exact) mass is 724 g/mol. The molecule has 1 amide bonds. The maximum Gasteiger partial charge on any atom is 0.446 e. The van der Waals surface area contributed by atoms with Crippen LogP contribution in [0.1, 0.15) is 56.2 Å². The molecule has 3 aromatic heterocycles. The highest BCUT2D eigenvalue weighted by Gasteiger charge is 2.54. The van der Waals surface area contributed by atoms with Gasteiger partial charge < -0.3 is 14.5 Å². The van der Waals surface area contributed by atoms with Crippen LogP contribution in [-0.2, 0) is 25.0 Å². The molecule has 15 heteroatoms. The van der Waals surface area contributed by atoms with Gasteiger partial charge in [0.25, 0.3) is 10.0 Å². The van der Waals surface area contributed by atoms with Gasteiger partial charge in [0.15, 0.2) is 0 Å². The third-order valence-electron chi connectivity index (χ3n) is 9.67. The van der Waals surface area contributed by atoms with Crippen molar-refractivity contribution in [2.45, 2.75) is 68.4 Å². The molecule has 1 N–H and O–H groups in total. The number of fused-ring (bicyclic) bond motifs is 4. The third kappa shape index (κ3) is 7.69. The summed E-state index contributed by atoms with van der Waals surface area (Å²) in [6.07, 6.45) is 6.39. The number of nitrogens with zero attached hydrogens (tertiary/aromatic N) is 5. The highest BCUT2D eigenvalue weighted by Crippen LogP contribution is 2.55. The van der Waals surface area contributed by atoms with Crippen LogP contribution in [0.5, 0.6) is 5.88 Å². The molecule has 0 unspecified atom stereocenters. The topological polar surface area (TPSA) is 135 Å². The molecule has 5 heterocycles. The molecule has 7 rings (SSSR count). The summed E-state index contributed by atoms with van der Waals surface area (Å²) >= 11 is 0. The number of rotatable bonds is 9. The van der Waals surface area contributed by atoms with Crippen LogP contribution in [0.3, 0.4) is 0 Å². The number of hydrogen-bond acceptors (Lipinski definition) is 9. The molecule has 4 aromatic rings. The van der Waals surface area contributed by atoms with Crippen molar-refractivity contribution >= 4 is 44.5 Å². The van der Waals surface area contributed by atoms with E-state index in [1.807, 2.05) is 32.2 Å². The Morgan fingerprint density at radius 1 is 0.961 bits per heavy atom. The van der Waals surface area contributed by atoms with Crippen LogP contribution in [0, 0.1) is 6.92 Å². The number of hydrogen-bond donors (Lipinski definition) is 1. The summed E-state index contributed by atoms with van der Waals surface area (Å²) in [6.45, 7) is 5.38. The van der Waals surface area contributed by atoms with Crippen molar-refractivity contribution in [3.63, 3.8) is 0 Å². The number of ether oxygens (including phenoxy) is 1. The van der Waals surface area contributed by atoms with Crippen molar-refractivity contribution in [3.05, 3.63) is 66.2 Å². The van der Waals surface area contributed by atoms with E-state index in [1.165, 1.54) is 31.5 Å². The van der Waals surface area contributed by atoms with Gasteiger partial charge in [0.2, 0.25) is 18.1 Å². The van der Waals surface area contributed by atoms with Crippen molar-refractivity contribution in [1.82, 2.24) is 19.9 Å². The van der Waals surface area contributed by atoms with Crippen molar-refractivity contribution in [2.75, 3.05) is 42.9 Å². The number of carbonyl (C=O) groups excluding carboxylic acids is 2. The summed E-state index contributed by atoms with van der Waals surface area (Å²) < 4.78 is 66.9. The van der Waals surface area contributed by atoms with Gasteiger partial charge in [0.1, 0.15) is 10.6 Å². The van der Waals surface area contributed by atoms with Crippen molar-refractivity contribution in [2.24, 2.45) is 0 Å². The Kier molecular flexibility index (Phi) is 10.3. The summed E-state index contributed by atoms with van der Waals surface area (Å²) in [7, 11) is -2.14. The van der Waals surface area contributed by atoms with E-state index in [-0.39, 0.29) is 22.4 Å². The SMILES string of the molecule is Cc1ccc(S(=O)(=O)Nc2cc(-c3ccc4ncc5c(c4c3)C3(CCC3)C(=O)N5C)cnc2OCCCN2CCCCC2)cn1.O=CC(F)(F)F. The Morgan fingerprint density at radius 3 is 2.35 bits per heavy atom. The Hall–Kier alpha value is -4.63. The number of likely N-dealkylation sites (tertiary alicyclic amines) is 1. The number of aromatic nitrogens is 3. The molecule has 0 radical (unpaired) electrons. The molecule has 11 nitrogen and oxygen atoms in total. The van der Waals surface area contributed by atoms with Crippen LogP contribution < -0.4 is 14.4 Å². The number of nitrogens with one attached hydrogen (secondary N) is 1. The van der Waals surface area contributed by atoms with Gasteiger partial charge in [-0.25, -0.2) is 13.4 Å². The van der Waals surface area contributed by atoms with E-state index in [0.717, 1.165) is 84.3 Å². The number of amides is 1. The number of alkyl halides is 3. The first kappa shape index (κ1) is 36.2. The molecule has 1 saturated heterocycles.